The minimum absolute atomic E-state index is 0.480. The Bertz CT molecular complexity index is 305. The van der Waals surface area contributed by atoms with Crippen molar-refractivity contribution >= 4 is 0 Å². The van der Waals surface area contributed by atoms with Crippen LogP contribution in [0.2, 0.25) is 0 Å². The van der Waals surface area contributed by atoms with Crippen LogP contribution in [0.3, 0.4) is 0 Å². The second kappa shape index (κ2) is 4.77. The molecule has 1 heterocycles. The normalized spacial score (nSPS) is 25.2. The van der Waals surface area contributed by atoms with Crippen LogP contribution in [0.5, 0.6) is 0 Å². The van der Waals surface area contributed by atoms with Gasteiger partial charge < -0.3 is 14.6 Å². The molecule has 0 radical (unpaired) electrons. The molecule has 1 aliphatic carbocycles. The number of rotatable bonds is 5. The maximum absolute atomic E-state index is 5.51. The number of aryl methyl sites for hydroxylation is 1. The Hall–Kier alpha value is -0.870. The van der Waals surface area contributed by atoms with Crippen LogP contribution < -0.4 is 5.32 Å². The third kappa shape index (κ3) is 2.58. The summed E-state index contributed by atoms with van der Waals surface area (Å²) in [6.07, 6.45) is 6.56. The van der Waals surface area contributed by atoms with Gasteiger partial charge in [-0.15, -0.1) is 0 Å². The van der Waals surface area contributed by atoms with E-state index in [9.17, 15) is 0 Å². The van der Waals surface area contributed by atoms with Crippen molar-refractivity contribution in [2.45, 2.75) is 38.5 Å². The second-order valence-corrected chi connectivity index (χ2v) is 4.08. The molecule has 1 fully saturated rings. The minimum Gasteiger partial charge on any atom is -0.378 e. The van der Waals surface area contributed by atoms with Crippen LogP contribution >= 0.6 is 0 Å². The molecule has 0 spiro atoms. The number of nitrogens with one attached hydrogen (secondary N) is 1. The average molecular weight is 209 g/mol. The molecule has 1 saturated carbocycles. The minimum atomic E-state index is 0.480. The third-order valence-electron chi connectivity index (χ3n) is 2.97. The molecule has 0 aliphatic heterocycles. The number of hydrogen-bond donors (Lipinski definition) is 1. The Kier molecular flexibility index (Phi) is 3.38. The number of hydrogen-bond acceptors (Lipinski definition) is 3. The molecular formula is C11H19N3O. The standard InChI is InChI=1S/C11H19N3O/c1-3-15-10-6-9(7-10)13-8-11-12-4-5-14(11)2/h4-5,9-10,13H,3,6-8H2,1-2H3. The predicted molar refractivity (Wildman–Crippen MR) is 58.5 cm³/mol. The molecule has 0 aromatic carbocycles. The lowest BCUT2D eigenvalue weighted by Crippen LogP contribution is -2.45. The first-order chi connectivity index (χ1) is 7.29. The van der Waals surface area contributed by atoms with E-state index < -0.39 is 0 Å². The van der Waals surface area contributed by atoms with E-state index in [0.29, 0.717) is 12.1 Å². The third-order valence-corrected chi connectivity index (χ3v) is 2.97. The Morgan fingerprint density at radius 1 is 1.60 bits per heavy atom. The monoisotopic (exact) mass is 209 g/mol. The quantitative estimate of drug-likeness (QED) is 0.788. The van der Waals surface area contributed by atoms with Crippen molar-refractivity contribution in [2.24, 2.45) is 7.05 Å². The smallest absolute Gasteiger partial charge is 0.122 e. The summed E-state index contributed by atoms with van der Waals surface area (Å²) in [5.41, 5.74) is 0. The van der Waals surface area contributed by atoms with Crippen molar-refractivity contribution < 1.29 is 4.74 Å². The number of imidazole rings is 1. The molecule has 1 aliphatic rings. The summed E-state index contributed by atoms with van der Waals surface area (Å²) in [5.74, 6) is 1.09. The Morgan fingerprint density at radius 3 is 3.00 bits per heavy atom. The number of nitrogens with zero attached hydrogens (tertiary/aromatic N) is 2. The maximum atomic E-state index is 5.51. The van der Waals surface area contributed by atoms with Crippen LogP contribution in [0.1, 0.15) is 25.6 Å². The molecule has 0 atom stereocenters. The first-order valence-electron chi connectivity index (χ1n) is 5.60. The van der Waals surface area contributed by atoms with Gasteiger partial charge >= 0.3 is 0 Å². The molecule has 1 N–H and O–H groups in total. The van der Waals surface area contributed by atoms with Crippen LogP contribution in [-0.2, 0) is 18.3 Å². The molecule has 4 nitrogen and oxygen atoms in total. The second-order valence-electron chi connectivity index (χ2n) is 4.08. The summed E-state index contributed by atoms with van der Waals surface area (Å²) in [7, 11) is 2.02. The van der Waals surface area contributed by atoms with E-state index in [4.69, 9.17) is 4.74 Å². The zero-order valence-electron chi connectivity index (χ0n) is 9.44. The van der Waals surface area contributed by atoms with Crippen molar-refractivity contribution in [1.29, 1.82) is 0 Å². The van der Waals surface area contributed by atoms with E-state index >= 15 is 0 Å². The van der Waals surface area contributed by atoms with Gasteiger partial charge in [0.15, 0.2) is 0 Å². The molecule has 4 heteroatoms. The highest BCUT2D eigenvalue weighted by Crippen LogP contribution is 2.23. The van der Waals surface area contributed by atoms with E-state index in [1.807, 2.05) is 24.0 Å². The van der Waals surface area contributed by atoms with Crippen LogP contribution in [-0.4, -0.2) is 28.3 Å². The van der Waals surface area contributed by atoms with Crippen molar-refractivity contribution in [3.05, 3.63) is 18.2 Å². The lowest BCUT2D eigenvalue weighted by atomic mass is 9.89. The van der Waals surface area contributed by atoms with Gasteiger partial charge in [-0.3, -0.25) is 0 Å². The van der Waals surface area contributed by atoms with E-state index in [1.54, 1.807) is 0 Å². The van der Waals surface area contributed by atoms with Crippen LogP contribution in [0.25, 0.3) is 0 Å². The highest BCUT2D eigenvalue weighted by molar-refractivity contribution is 4.93. The summed E-state index contributed by atoms with van der Waals surface area (Å²) in [5, 5.41) is 3.49. The average Bonchev–Trinajstić information content (AvgIpc) is 2.55. The molecule has 0 unspecified atom stereocenters. The summed E-state index contributed by atoms with van der Waals surface area (Å²) in [4.78, 5) is 4.27. The predicted octanol–water partition coefficient (Wildman–Crippen LogP) is 1.08. The summed E-state index contributed by atoms with van der Waals surface area (Å²) < 4.78 is 7.56. The van der Waals surface area contributed by atoms with Gasteiger partial charge in [-0.2, -0.15) is 0 Å². The zero-order chi connectivity index (χ0) is 10.7. The van der Waals surface area contributed by atoms with Gasteiger partial charge in [0, 0.05) is 32.1 Å². The maximum Gasteiger partial charge on any atom is 0.122 e. The Balaban J connectivity index is 1.66. The van der Waals surface area contributed by atoms with E-state index in [2.05, 4.69) is 17.2 Å². The fraction of sp³-hybridized carbons (Fsp3) is 0.727. The number of aromatic nitrogens is 2. The SMILES string of the molecule is CCOC1CC(NCc2nccn2C)C1. The molecular weight excluding hydrogens is 190 g/mol. The van der Waals surface area contributed by atoms with Crippen molar-refractivity contribution in [2.75, 3.05) is 6.61 Å². The van der Waals surface area contributed by atoms with Crippen molar-refractivity contribution in [1.82, 2.24) is 14.9 Å². The van der Waals surface area contributed by atoms with Crippen LogP contribution in [0.4, 0.5) is 0 Å². The van der Waals surface area contributed by atoms with E-state index in [1.165, 1.54) is 0 Å². The van der Waals surface area contributed by atoms with Crippen LogP contribution in [0, 0.1) is 0 Å². The Morgan fingerprint density at radius 2 is 2.40 bits per heavy atom. The molecule has 1 aromatic heterocycles. The summed E-state index contributed by atoms with van der Waals surface area (Å²) in [6, 6.07) is 0.609. The largest absolute Gasteiger partial charge is 0.378 e. The highest BCUT2D eigenvalue weighted by Gasteiger charge is 2.28. The fourth-order valence-electron chi connectivity index (χ4n) is 1.91. The molecule has 0 amide bonds. The molecule has 0 bridgehead atoms. The van der Waals surface area contributed by atoms with Gasteiger partial charge in [0.05, 0.1) is 12.6 Å². The van der Waals surface area contributed by atoms with Crippen molar-refractivity contribution in [3.63, 3.8) is 0 Å². The van der Waals surface area contributed by atoms with E-state index in [-0.39, 0.29) is 0 Å². The lowest BCUT2D eigenvalue weighted by Gasteiger charge is -2.35. The van der Waals surface area contributed by atoms with Gasteiger partial charge in [0.1, 0.15) is 5.82 Å². The molecule has 2 rings (SSSR count). The zero-order valence-corrected chi connectivity index (χ0v) is 9.44. The van der Waals surface area contributed by atoms with E-state index in [0.717, 1.165) is 31.8 Å². The van der Waals surface area contributed by atoms with Crippen molar-refractivity contribution in [3.8, 4) is 0 Å². The number of ether oxygens (including phenoxy) is 1. The van der Waals surface area contributed by atoms with Gasteiger partial charge in [-0.05, 0) is 19.8 Å². The van der Waals surface area contributed by atoms with Crippen LogP contribution in [0.15, 0.2) is 12.4 Å². The molecule has 1 aromatic rings. The fourth-order valence-corrected chi connectivity index (χ4v) is 1.91. The topological polar surface area (TPSA) is 39.1 Å². The first kappa shape index (κ1) is 10.6. The molecule has 15 heavy (non-hydrogen) atoms. The van der Waals surface area contributed by atoms with Gasteiger partial charge in [-0.1, -0.05) is 0 Å². The first-order valence-corrected chi connectivity index (χ1v) is 5.60. The van der Waals surface area contributed by atoms with Gasteiger partial charge in [-0.25, -0.2) is 4.98 Å². The summed E-state index contributed by atoms with van der Waals surface area (Å²) >= 11 is 0. The molecule has 0 saturated heterocycles. The lowest BCUT2D eigenvalue weighted by molar-refractivity contribution is -0.0104. The van der Waals surface area contributed by atoms with Gasteiger partial charge in [0.2, 0.25) is 0 Å². The molecule has 84 valence electrons. The highest BCUT2D eigenvalue weighted by atomic mass is 16.5. The summed E-state index contributed by atoms with van der Waals surface area (Å²) in [6.45, 7) is 3.73. The van der Waals surface area contributed by atoms with Gasteiger partial charge in [0.25, 0.3) is 0 Å². The Labute approximate surface area is 90.6 Å².